The van der Waals surface area contributed by atoms with Gasteiger partial charge in [-0.15, -0.1) is 0 Å². The molecular weight excluding hydrogens is 1620 g/mol. The Labute approximate surface area is 700 Å². The van der Waals surface area contributed by atoms with Crippen LogP contribution >= 0.6 is 0 Å². The zero-order chi connectivity index (χ0) is 89.7. The van der Waals surface area contributed by atoms with Gasteiger partial charge in [0.05, 0.1) is 104 Å². The maximum atomic E-state index is 13.2. The SMILES string of the molecule is CCNC(=O)CCCCCCC(=O)CN(CC(=O)CCCO[C@@H]1O[C@@H](C)[C@@H](O)[C@@H](O)[C@@H]1O)CC(=O)CCCO[C@@H]1O[C@@H](C)[C@@H](O)[C@@H](O)[C@@H]1O.CCNC(=O)CCCCCNC(=O)CN(CC(=O)NCCO[C@@H]1O[C@@H](C)[C@@H](O)[C@@H](O)[C@@H]1O)CC(=O)NCCO[C@H]1O[C@H](CO[C@H]2O[C@H](CO)[C@@H](O)[C@H](O)[C@@H]2O)[C@@H](O)[C@H](O[C@H]2O[C@H](CO)[C@@H](O)[C@H](O)[C@@H]2O)[C@@H]1O. The summed E-state index contributed by atoms with van der Waals surface area (Å²) in [5.41, 5.74) is 0. The number of hydrogen-bond acceptors (Lipinski definition) is 41. The number of Topliss-reactive ketones (excluding diaryl/α,β-unsaturated/α-hetero) is 3. The highest BCUT2D eigenvalue weighted by molar-refractivity contribution is 5.86. The number of carbonyl (C=O) groups is 8. The van der Waals surface area contributed by atoms with Gasteiger partial charge in [-0.2, -0.15) is 0 Å². The van der Waals surface area contributed by atoms with Gasteiger partial charge in [-0.3, -0.25) is 48.2 Å². The highest BCUT2D eigenvalue weighted by Crippen LogP contribution is 2.32. The maximum Gasteiger partial charge on any atom is 0.234 e. The fraction of sp³-hybridized carbons (Fsp3) is 0.893. The van der Waals surface area contributed by atoms with Gasteiger partial charge < -0.3 is 180 Å². The third-order valence-corrected chi connectivity index (χ3v) is 20.7. The number of nitrogens with zero attached hydrogens (tertiary/aromatic N) is 2. The Kier molecular flexibility index (Phi) is 49.0. The van der Waals surface area contributed by atoms with Crippen molar-refractivity contribution >= 4 is 46.9 Å². The first-order valence-electron chi connectivity index (χ1n) is 41.3. The largest absolute Gasteiger partial charge is 0.394 e. The molecule has 46 nitrogen and oxygen atoms in total. The number of aliphatic hydroxyl groups excluding tert-OH is 19. The van der Waals surface area contributed by atoms with Gasteiger partial charge in [-0.1, -0.05) is 19.3 Å². The minimum atomic E-state index is -1.97. The van der Waals surface area contributed by atoms with Crippen molar-refractivity contribution in [1.29, 1.82) is 0 Å². The topological polar surface area (TPSA) is 698 Å². The summed E-state index contributed by atoms with van der Waals surface area (Å²) in [7, 11) is 0. The molecule has 0 aromatic heterocycles. The molecule has 5 amide bonds. The van der Waals surface area contributed by atoms with Crippen LogP contribution in [-0.4, -0.2) is 456 Å². The van der Waals surface area contributed by atoms with Crippen molar-refractivity contribution in [2.45, 2.75) is 309 Å². The number of ketones is 3. The Morgan fingerprint density at radius 3 is 1.00 bits per heavy atom. The van der Waals surface area contributed by atoms with Crippen LogP contribution in [0.1, 0.15) is 125 Å². The number of rotatable bonds is 52. The Balaban J connectivity index is 0.000000464. The molecule has 0 bridgehead atoms. The summed E-state index contributed by atoms with van der Waals surface area (Å²) < 4.78 is 66.0. The smallest absolute Gasteiger partial charge is 0.234 e. The summed E-state index contributed by atoms with van der Waals surface area (Å²) in [5, 5.41) is 207. The van der Waals surface area contributed by atoms with Crippen LogP contribution in [0, 0.1) is 0 Å². The van der Waals surface area contributed by atoms with Gasteiger partial charge in [0.2, 0.25) is 29.5 Å². The summed E-state index contributed by atoms with van der Waals surface area (Å²) in [5.74, 6) is -2.54. The predicted molar refractivity (Wildman–Crippen MR) is 409 cm³/mol. The monoisotopic (exact) mass is 1760 g/mol. The van der Waals surface area contributed by atoms with Crippen molar-refractivity contribution in [3.05, 3.63) is 0 Å². The van der Waals surface area contributed by atoms with Gasteiger partial charge in [-0.25, -0.2) is 0 Å². The van der Waals surface area contributed by atoms with E-state index in [0.29, 0.717) is 51.6 Å². The van der Waals surface area contributed by atoms with E-state index in [1.165, 1.54) is 30.6 Å². The lowest BCUT2D eigenvalue weighted by molar-refractivity contribution is -0.366. The fourth-order valence-corrected chi connectivity index (χ4v) is 13.6. The van der Waals surface area contributed by atoms with Crippen LogP contribution in [-0.2, 0) is 95.2 Å². The Morgan fingerprint density at radius 2 is 0.603 bits per heavy atom. The van der Waals surface area contributed by atoms with E-state index in [0.717, 1.165) is 19.3 Å². The van der Waals surface area contributed by atoms with Crippen molar-refractivity contribution in [3.63, 3.8) is 0 Å². The number of ether oxygens (including phenoxy) is 12. The molecule has 6 heterocycles. The van der Waals surface area contributed by atoms with Crippen LogP contribution in [0.2, 0.25) is 0 Å². The van der Waals surface area contributed by atoms with Crippen LogP contribution in [0.4, 0.5) is 0 Å². The minimum absolute atomic E-state index is 0.00275. The van der Waals surface area contributed by atoms with Gasteiger partial charge in [0.1, 0.15) is 146 Å². The second-order valence-corrected chi connectivity index (χ2v) is 30.7. The maximum absolute atomic E-state index is 13.2. The van der Waals surface area contributed by atoms with Crippen LogP contribution in [0.5, 0.6) is 0 Å². The molecule has 6 aliphatic rings. The molecule has 6 saturated heterocycles. The summed E-state index contributed by atoms with van der Waals surface area (Å²) in [6.45, 7) is 4.43. The third-order valence-electron chi connectivity index (χ3n) is 20.7. The van der Waals surface area contributed by atoms with Gasteiger partial charge in [0.15, 0.2) is 37.7 Å². The number of amides is 5. The summed E-state index contributed by atoms with van der Waals surface area (Å²) >= 11 is 0. The van der Waals surface area contributed by atoms with E-state index in [1.807, 2.05) is 13.8 Å². The molecule has 6 rings (SSSR count). The molecule has 6 fully saturated rings. The molecule has 0 aliphatic carbocycles. The molecule has 0 aromatic rings. The number of aliphatic hydroxyl groups is 19. The van der Waals surface area contributed by atoms with Crippen LogP contribution in [0.25, 0.3) is 0 Å². The standard InChI is InChI=1S/C42H75N5O25.C33H58N2O14/c1-3-43-23(50)7-5-4-6-8-44-24(51)13-47(14-25(52)45-9-11-65-39-34(61)31(58)27(54)19(2)68-39)15-26(53)46-10-12-66-41-37(64)38(72-42-36(63)33(60)29(56)21(17-49)70-42)30(57)22(71-41)18-67-40-35(62)32(59)28(55)20(16-48)69-40;1-4-34-25(39)14-8-6-5-7-11-22(36)17-35(18-23(37)12-9-15-46-32-30(44)28(42)26(40)20(2)48-32)19-24(38)13-10-16-47-33-31(45)29(43)27(41)21(3)49-33/h19-22,27-42,48-49,54-64H,3-18H2,1-2H3,(H,43,50)(H,44,51)(H,45,52)(H,46,53);20-21,26-33,40-45H,4-19H2,1-3H3,(H,34,39)/t19-,20+,21+,22+,27+,28+,29+,30+,31+,32-,33-,34-,35-,36-,37-,38-,39+,40-,41-,42+;20-,21-,26+,27+,28+,29+,30-,31-,32+,33+/m00/s1. The number of hydrogen-bond donors (Lipinski definition) is 24. The molecule has 46 heteroatoms. The second-order valence-electron chi connectivity index (χ2n) is 30.7. The van der Waals surface area contributed by atoms with E-state index in [9.17, 15) is 135 Å². The minimum Gasteiger partial charge on any atom is -0.394 e. The molecule has 121 heavy (non-hydrogen) atoms. The first kappa shape index (κ1) is 107. The molecule has 0 unspecified atom stereocenters. The first-order valence-corrected chi connectivity index (χ1v) is 41.3. The van der Waals surface area contributed by atoms with E-state index in [1.54, 1.807) is 0 Å². The van der Waals surface area contributed by atoms with Gasteiger partial charge in [0.25, 0.3) is 0 Å². The summed E-state index contributed by atoms with van der Waals surface area (Å²) in [4.78, 5) is 104. The van der Waals surface area contributed by atoms with Gasteiger partial charge in [-0.05, 0) is 73.1 Å². The lowest BCUT2D eigenvalue weighted by atomic mass is 9.96. The lowest BCUT2D eigenvalue weighted by Crippen LogP contribution is -2.65. The van der Waals surface area contributed by atoms with Crippen LogP contribution in [0.15, 0.2) is 0 Å². The van der Waals surface area contributed by atoms with Gasteiger partial charge >= 0.3 is 0 Å². The molecule has 0 radical (unpaired) electrons. The van der Waals surface area contributed by atoms with E-state index in [4.69, 9.17) is 56.8 Å². The average Bonchev–Trinajstić information content (AvgIpc) is 0.780. The zero-order valence-corrected chi connectivity index (χ0v) is 69.0. The van der Waals surface area contributed by atoms with Crippen molar-refractivity contribution in [1.82, 2.24) is 36.4 Å². The molecule has 24 N–H and O–H groups in total. The molecule has 702 valence electrons. The lowest BCUT2D eigenvalue weighted by Gasteiger charge is -2.46. The normalized spacial score (nSPS) is 34.4. The molecule has 6 aliphatic heterocycles. The zero-order valence-electron chi connectivity index (χ0n) is 69.0. The molecule has 0 spiro atoms. The first-order chi connectivity index (χ1) is 57.5. The van der Waals surface area contributed by atoms with Gasteiger partial charge in [0, 0.05) is 64.8 Å². The van der Waals surface area contributed by atoms with E-state index < -0.39 is 248 Å². The Morgan fingerprint density at radius 1 is 0.289 bits per heavy atom. The van der Waals surface area contributed by atoms with E-state index >= 15 is 0 Å². The van der Waals surface area contributed by atoms with Crippen molar-refractivity contribution in [2.24, 2.45) is 0 Å². The van der Waals surface area contributed by atoms with Crippen molar-refractivity contribution < 1.29 is 192 Å². The average molecular weight is 1760 g/mol. The Hall–Kier alpha value is -4.96. The van der Waals surface area contributed by atoms with Crippen molar-refractivity contribution in [2.75, 3.05) is 118 Å². The van der Waals surface area contributed by atoms with E-state index in [-0.39, 0.29) is 120 Å². The molecule has 0 saturated carbocycles. The fourth-order valence-electron chi connectivity index (χ4n) is 13.6. The highest BCUT2D eigenvalue weighted by atomic mass is 16.8. The quantitative estimate of drug-likeness (QED) is 0.0252. The molecular formula is C75H133N7O39. The third kappa shape index (κ3) is 35.3. The number of unbranched alkanes of at least 4 members (excludes halogenated alkanes) is 5. The second kappa shape index (κ2) is 55.6. The molecule has 0 aromatic carbocycles. The van der Waals surface area contributed by atoms with E-state index in [2.05, 4.69) is 26.6 Å². The molecule has 30 atom stereocenters. The van der Waals surface area contributed by atoms with Crippen molar-refractivity contribution in [3.8, 4) is 0 Å². The number of nitrogens with one attached hydrogen (secondary N) is 5. The Bertz CT molecular complexity index is 2980. The number of carbonyl (C=O) groups excluding carboxylic acids is 8. The van der Waals surface area contributed by atoms with Crippen LogP contribution < -0.4 is 26.6 Å². The summed E-state index contributed by atoms with van der Waals surface area (Å²) in [6.07, 6.45) is -38.8. The summed E-state index contributed by atoms with van der Waals surface area (Å²) in [6, 6.07) is 0. The highest BCUT2D eigenvalue weighted by Gasteiger charge is 2.53. The predicted octanol–water partition coefficient (Wildman–Crippen LogP) is -11.6. The van der Waals surface area contributed by atoms with Crippen LogP contribution in [0.3, 0.4) is 0 Å².